The van der Waals surface area contributed by atoms with Crippen LogP contribution in [0.5, 0.6) is 0 Å². The van der Waals surface area contributed by atoms with Crippen molar-refractivity contribution in [3.8, 4) is 6.07 Å². The number of aliphatic imine (C=N–C) groups is 1. The molecule has 2 rings (SSSR count). The first-order valence-corrected chi connectivity index (χ1v) is 9.09. The van der Waals surface area contributed by atoms with E-state index >= 15 is 0 Å². The largest absolute Gasteiger partial charge is 0.357 e. The minimum Gasteiger partial charge on any atom is -0.357 e. The maximum absolute atomic E-state index is 11.5. The molecule has 0 amide bonds. The van der Waals surface area contributed by atoms with Crippen molar-refractivity contribution in [3.63, 3.8) is 0 Å². The van der Waals surface area contributed by atoms with Crippen LogP contribution in [0, 0.1) is 11.3 Å². The van der Waals surface area contributed by atoms with Crippen molar-refractivity contribution >= 4 is 39.8 Å². The van der Waals surface area contributed by atoms with Crippen LogP contribution in [0.4, 0.5) is 0 Å². The first kappa shape index (κ1) is 19.7. The van der Waals surface area contributed by atoms with Gasteiger partial charge in [0.2, 0.25) is 0 Å². The van der Waals surface area contributed by atoms with Crippen LogP contribution >= 0.6 is 24.0 Å². The van der Waals surface area contributed by atoms with Gasteiger partial charge in [-0.2, -0.15) is 5.26 Å². The molecule has 0 aliphatic carbocycles. The van der Waals surface area contributed by atoms with E-state index in [-0.39, 0.29) is 41.5 Å². The van der Waals surface area contributed by atoms with Gasteiger partial charge in [0, 0.05) is 12.6 Å². The molecule has 0 bridgehead atoms. The third kappa shape index (κ3) is 6.35. The van der Waals surface area contributed by atoms with Gasteiger partial charge in [-0.1, -0.05) is 12.1 Å². The number of rotatable bonds is 4. The van der Waals surface area contributed by atoms with Gasteiger partial charge >= 0.3 is 0 Å². The van der Waals surface area contributed by atoms with Crippen molar-refractivity contribution in [3.05, 3.63) is 35.4 Å². The Kier molecular flexibility index (Phi) is 7.78. The number of hydrogen-bond acceptors (Lipinski definition) is 4. The fourth-order valence-corrected chi connectivity index (χ4v) is 4.01. The lowest BCUT2D eigenvalue weighted by Crippen LogP contribution is -2.44. The van der Waals surface area contributed by atoms with E-state index in [1.54, 1.807) is 12.1 Å². The first-order chi connectivity index (χ1) is 10.5. The van der Waals surface area contributed by atoms with E-state index in [4.69, 9.17) is 5.26 Å². The highest BCUT2D eigenvalue weighted by molar-refractivity contribution is 14.0. The molecule has 6 nitrogen and oxygen atoms in total. The third-order valence-corrected chi connectivity index (χ3v) is 5.16. The zero-order chi connectivity index (χ0) is 16.0. The molecule has 1 aliphatic rings. The maximum Gasteiger partial charge on any atom is 0.191 e. The third-order valence-electron chi connectivity index (χ3n) is 3.39. The summed E-state index contributed by atoms with van der Waals surface area (Å²) in [7, 11) is -2.91. The average Bonchev–Trinajstić information content (AvgIpc) is 2.84. The minimum absolute atomic E-state index is 0. The zero-order valence-electron chi connectivity index (χ0n) is 12.9. The first-order valence-electron chi connectivity index (χ1n) is 7.26. The van der Waals surface area contributed by atoms with Gasteiger partial charge in [0.1, 0.15) is 0 Å². The summed E-state index contributed by atoms with van der Waals surface area (Å²) in [6, 6.07) is 9.30. The number of sulfone groups is 1. The van der Waals surface area contributed by atoms with Gasteiger partial charge in [-0.15, -0.1) is 24.0 Å². The predicted octanol–water partition coefficient (Wildman–Crippen LogP) is 1.42. The van der Waals surface area contributed by atoms with E-state index in [1.807, 2.05) is 19.1 Å². The summed E-state index contributed by atoms with van der Waals surface area (Å²) in [5, 5.41) is 15.2. The quantitative estimate of drug-likeness (QED) is 0.413. The number of hydrogen-bond donors (Lipinski definition) is 2. The van der Waals surface area contributed by atoms with Crippen molar-refractivity contribution in [1.29, 1.82) is 5.26 Å². The molecule has 2 N–H and O–H groups in total. The summed E-state index contributed by atoms with van der Waals surface area (Å²) in [5.74, 6) is 0.988. The van der Waals surface area contributed by atoms with Crippen molar-refractivity contribution in [2.24, 2.45) is 4.99 Å². The summed E-state index contributed by atoms with van der Waals surface area (Å²) in [5.41, 5.74) is 1.54. The van der Waals surface area contributed by atoms with Crippen LogP contribution in [-0.2, 0) is 16.4 Å². The molecule has 1 heterocycles. The van der Waals surface area contributed by atoms with E-state index in [9.17, 15) is 8.42 Å². The molecule has 8 heteroatoms. The van der Waals surface area contributed by atoms with Crippen LogP contribution in [0.1, 0.15) is 24.5 Å². The monoisotopic (exact) mass is 448 g/mol. The summed E-state index contributed by atoms with van der Waals surface area (Å²) in [4.78, 5) is 4.46. The van der Waals surface area contributed by atoms with Gasteiger partial charge < -0.3 is 10.6 Å². The molecule has 0 aromatic heterocycles. The van der Waals surface area contributed by atoms with Crippen molar-refractivity contribution in [2.75, 3.05) is 18.1 Å². The van der Waals surface area contributed by atoms with Gasteiger partial charge in [-0.25, -0.2) is 13.4 Å². The Morgan fingerprint density at radius 3 is 2.87 bits per heavy atom. The summed E-state index contributed by atoms with van der Waals surface area (Å²) >= 11 is 0. The number of nitrogens with one attached hydrogen (secondary N) is 2. The average molecular weight is 448 g/mol. The highest BCUT2D eigenvalue weighted by Crippen LogP contribution is 2.11. The zero-order valence-corrected chi connectivity index (χ0v) is 16.1. The molecule has 126 valence electrons. The second-order valence-corrected chi connectivity index (χ2v) is 7.48. The summed E-state index contributed by atoms with van der Waals surface area (Å²) in [6.07, 6.45) is 0.608. The Morgan fingerprint density at radius 1 is 1.48 bits per heavy atom. The molecule has 1 aromatic carbocycles. The second kappa shape index (κ2) is 9.08. The van der Waals surface area contributed by atoms with Crippen LogP contribution in [0.15, 0.2) is 29.3 Å². The lowest BCUT2D eigenvalue weighted by atomic mass is 10.1. The van der Waals surface area contributed by atoms with E-state index in [0.717, 1.165) is 5.56 Å². The van der Waals surface area contributed by atoms with Crippen molar-refractivity contribution in [2.45, 2.75) is 25.9 Å². The van der Waals surface area contributed by atoms with Crippen LogP contribution < -0.4 is 10.6 Å². The Bertz CT molecular complexity index is 698. The van der Waals surface area contributed by atoms with Crippen molar-refractivity contribution < 1.29 is 8.42 Å². The number of nitriles is 1. The van der Waals surface area contributed by atoms with E-state index in [2.05, 4.69) is 21.7 Å². The Balaban J connectivity index is 0.00000264. The molecular formula is C15H21IN4O2S. The highest BCUT2D eigenvalue weighted by atomic mass is 127. The standard InChI is InChI=1S/C15H20N4O2S.HI/c1-2-17-15(19-14-6-7-22(20,21)11-14)18-10-13-5-3-4-12(8-13)9-16;/h3-5,8,14H,2,6-7,10-11H2,1H3,(H2,17,18,19);1H. The highest BCUT2D eigenvalue weighted by Gasteiger charge is 2.28. The minimum atomic E-state index is -2.91. The lowest BCUT2D eigenvalue weighted by Gasteiger charge is -2.15. The maximum atomic E-state index is 11.5. The fourth-order valence-electron chi connectivity index (χ4n) is 2.33. The molecular weight excluding hydrogens is 427 g/mol. The molecule has 1 saturated heterocycles. The molecule has 1 aromatic rings. The molecule has 1 unspecified atom stereocenters. The molecule has 23 heavy (non-hydrogen) atoms. The Morgan fingerprint density at radius 2 is 2.26 bits per heavy atom. The second-order valence-electron chi connectivity index (χ2n) is 5.25. The summed E-state index contributed by atoms with van der Waals surface area (Å²) in [6.45, 7) is 3.09. The topological polar surface area (TPSA) is 94.3 Å². The Labute approximate surface area is 154 Å². The van der Waals surface area contributed by atoms with Crippen LogP contribution in [0.2, 0.25) is 0 Å². The van der Waals surface area contributed by atoms with Gasteiger partial charge in [0.25, 0.3) is 0 Å². The molecule has 0 spiro atoms. The number of benzene rings is 1. The fraction of sp³-hybridized carbons (Fsp3) is 0.467. The van der Waals surface area contributed by atoms with Crippen LogP contribution in [-0.4, -0.2) is 38.5 Å². The molecule has 1 atom stereocenters. The normalized spacial score (nSPS) is 19.5. The lowest BCUT2D eigenvalue weighted by molar-refractivity contribution is 0.599. The van der Waals surface area contributed by atoms with E-state index in [1.165, 1.54) is 0 Å². The van der Waals surface area contributed by atoms with Gasteiger partial charge in [-0.3, -0.25) is 0 Å². The molecule has 1 fully saturated rings. The number of guanidine groups is 1. The SMILES string of the molecule is CCNC(=NCc1cccc(C#N)c1)NC1CCS(=O)(=O)C1.I. The van der Waals surface area contributed by atoms with Crippen LogP contribution in [0.25, 0.3) is 0 Å². The van der Waals surface area contributed by atoms with E-state index < -0.39 is 9.84 Å². The number of halogens is 1. The number of nitrogens with zero attached hydrogens (tertiary/aromatic N) is 2. The van der Waals surface area contributed by atoms with Crippen LogP contribution in [0.3, 0.4) is 0 Å². The predicted molar refractivity (Wildman–Crippen MR) is 102 cm³/mol. The molecule has 0 saturated carbocycles. The molecule has 0 radical (unpaired) electrons. The summed E-state index contributed by atoms with van der Waals surface area (Å²) < 4.78 is 23.0. The molecule has 1 aliphatic heterocycles. The van der Waals surface area contributed by atoms with Gasteiger partial charge in [0.05, 0.1) is 29.7 Å². The smallest absolute Gasteiger partial charge is 0.191 e. The Hall–Kier alpha value is -1.34. The van der Waals surface area contributed by atoms with E-state index in [0.29, 0.717) is 31.0 Å². The van der Waals surface area contributed by atoms with Gasteiger partial charge in [0.15, 0.2) is 15.8 Å². The van der Waals surface area contributed by atoms with Crippen molar-refractivity contribution in [1.82, 2.24) is 10.6 Å². The van der Waals surface area contributed by atoms with Gasteiger partial charge in [-0.05, 0) is 31.0 Å².